The van der Waals surface area contributed by atoms with Crippen molar-refractivity contribution in [3.63, 3.8) is 0 Å². The van der Waals surface area contributed by atoms with E-state index < -0.39 is 16.1 Å². The van der Waals surface area contributed by atoms with Gasteiger partial charge in [0, 0.05) is 31.1 Å². The van der Waals surface area contributed by atoms with Crippen LogP contribution >= 0.6 is 11.6 Å². The maximum Gasteiger partial charge on any atom is 0.242 e. The minimum Gasteiger partial charge on any atom is -0.355 e. The Bertz CT molecular complexity index is 1120. The molecule has 192 valence electrons. The first kappa shape index (κ1) is 28.7. The van der Waals surface area contributed by atoms with Gasteiger partial charge < -0.3 is 10.2 Å². The lowest BCUT2D eigenvalue weighted by Crippen LogP contribution is -2.49. The number of nitrogens with one attached hydrogen (secondary N) is 1. The molecule has 0 fully saturated rings. The molecule has 0 aliphatic heterocycles. The van der Waals surface area contributed by atoms with E-state index in [4.69, 9.17) is 11.6 Å². The SMILES string of the molecule is CCNC(=O)[C@H](CC)N(Cc1ccc(C)cc1)C(=O)CCCN(c1cc(Cl)ccc1C)S(C)(=O)=O. The van der Waals surface area contributed by atoms with Gasteiger partial charge in [-0.1, -0.05) is 54.4 Å². The van der Waals surface area contributed by atoms with E-state index in [0.29, 0.717) is 36.6 Å². The van der Waals surface area contributed by atoms with Gasteiger partial charge in [-0.2, -0.15) is 0 Å². The summed E-state index contributed by atoms with van der Waals surface area (Å²) < 4.78 is 26.3. The third-order valence-electron chi connectivity index (χ3n) is 5.80. The van der Waals surface area contributed by atoms with Gasteiger partial charge in [0.05, 0.1) is 11.9 Å². The molecule has 0 spiro atoms. The number of hydrogen-bond donors (Lipinski definition) is 1. The van der Waals surface area contributed by atoms with Crippen LogP contribution in [0.25, 0.3) is 0 Å². The third kappa shape index (κ3) is 8.25. The van der Waals surface area contributed by atoms with Gasteiger partial charge in [0.1, 0.15) is 6.04 Å². The average molecular weight is 522 g/mol. The molecule has 0 saturated heterocycles. The van der Waals surface area contributed by atoms with Gasteiger partial charge in [-0.25, -0.2) is 8.42 Å². The molecule has 1 N–H and O–H groups in total. The Balaban J connectivity index is 2.23. The van der Waals surface area contributed by atoms with E-state index in [1.165, 1.54) is 4.31 Å². The van der Waals surface area contributed by atoms with Crippen LogP contribution in [-0.4, -0.2) is 50.5 Å². The van der Waals surface area contributed by atoms with Crippen molar-refractivity contribution in [2.45, 2.75) is 59.5 Å². The maximum absolute atomic E-state index is 13.4. The Morgan fingerprint density at radius 3 is 2.29 bits per heavy atom. The molecule has 0 heterocycles. The summed E-state index contributed by atoms with van der Waals surface area (Å²) in [5.74, 6) is -0.386. The summed E-state index contributed by atoms with van der Waals surface area (Å²) in [7, 11) is -3.58. The molecule has 0 unspecified atom stereocenters. The Kier molecular flexibility index (Phi) is 10.6. The minimum absolute atomic E-state index is 0.105. The summed E-state index contributed by atoms with van der Waals surface area (Å²) in [5.41, 5.74) is 3.31. The highest BCUT2D eigenvalue weighted by Gasteiger charge is 2.28. The van der Waals surface area contributed by atoms with Crippen molar-refractivity contribution >= 4 is 39.1 Å². The van der Waals surface area contributed by atoms with Crippen LogP contribution in [0.3, 0.4) is 0 Å². The van der Waals surface area contributed by atoms with Crippen LogP contribution in [0.5, 0.6) is 0 Å². The molecule has 0 aromatic heterocycles. The van der Waals surface area contributed by atoms with Gasteiger partial charge in [0.25, 0.3) is 0 Å². The number of carbonyl (C=O) groups excluding carboxylic acids is 2. The van der Waals surface area contributed by atoms with Crippen LogP contribution in [0.15, 0.2) is 42.5 Å². The van der Waals surface area contributed by atoms with Gasteiger partial charge in [0.2, 0.25) is 21.8 Å². The number of sulfonamides is 1. The monoisotopic (exact) mass is 521 g/mol. The van der Waals surface area contributed by atoms with Gasteiger partial charge >= 0.3 is 0 Å². The molecule has 35 heavy (non-hydrogen) atoms. The highest BCUT2D eigenvalue weighted by atomic mass is 35.5. The fourth-order valence-corrected chi connectivity index (χ4v) is 5.12. The lowest BCUT2D eigenvalue weighted by atomic mass is 10.1. The lowest BCUT2D eigenvalue weighted by molar-refractivity contribution is -0.141. The standard InChI is InChI=1S/C26H36ClN3O4S/c1-6-23(26(32)28-7-2)29(18-21-13-10-19(3)11-14-21)25(31)9-8-16-30(35(5,33)34)24-17-22(27)15-12-20(24)4/h10-15,17,23H,6-9,16,18H2,1-5H3,(H,28,32)/t23-/m0/s1. The lowest BCUT2D eigenvalue weighted by Gasteiger charge is -2.31. The highest BCUT2D eigenvalue weighted by Crippen LogP contribution is 2.27. The number of rotatable bonds is 12. The van der Waals surface area contributed by atoms with E-state index in [0.717, 1.165) is 22.9 Å². The molecule has 0 radical (unpaired) electrons. The van der Waals surface area contributed by atoms with Crippen LogP contribution in [-0.2, 0) is 26.2 Å². The van der Waals surface area contributed by atoms with Crippen molar-refractivity contribution in [2.75, 3.05) is 23.7 Å². The number of anilines is 1. The molecule has 9 heteroatoms. The van der Waals surface area contributed by atoms with Gasteiger partial charge in [-0.05, 0) is 56.9 Å². The first-order valence-electron chi connectivity index (χ1n) is 11.8. The molecule has 7 nitrogen and oxygen atoms in total. The summed E-state index contributed by atoms with van der Waals surface area (Å²) in [6, 6.07) is 12.3. The zero-order valence-electron chi connectivity index (χ0n) is 21.2. The fourth-order valence-electron chi connectivity index (χ4n) is 3.94. The second-order valence-electron chi connectivity index (χ2n) is 8.70. The number of hydrogen-bond acceptors (Lipinski definition) is 4. The molecule has 2 amide bonds. The normalized spacial score (nSPS) is 12.2. The second kappa shape index (κ2) is 12.9. The van der Waals surface area contributed by atoms with E-state index in [-0.39, 0.29) is 24.8 Å². The molecule has 0 bridgehead atoms. The predicted molar refractivity (Wildman–Crippen MR) is 142 cm³/mol. The molecule has 0 aliphatic carbocycles. The number of aryl methyl sites for hydroxylation is 2. The van der Waals surface area contributed by atoms with Crippen LogP contribution in [0.4, 0.5) is 5.69 Å². The van der Waals surface area contributed by atoms with Crippen molar-refractivity contribution < 1.29 is 18.0 Å². The summed E-state index contributed by atoms with van der Waals surface area (Å²) in [5, 5.41) is 3.26. The van der Waals surface area contributed by atoms with E-state index in [1.807, 2.05) is 52.0 Å². The number of likely N-dealkylation sites (N-methyl/N-ethyl adjacent to an activating group) is 1. The quantitative estimate of drug-likeness (QED) is 0.447. The number of nitrogens with zero attached hydrogens (tertiary/aromatic N) is 2. The Labute approximate surface area is 214 Å². The largest absolute Gasteiger partial charge is 0.355 e. The Morgan fingerprint density at radius 1 is 1.06 bits per heavy atom. The van der Waals surface area contributed by atoms with Gasteiger partial charge in [-0.3, -0.25) is 13.9 Å². The van der Waals surface area contributed by atoms with E-state index in [2.05, 4.69) is 5.32 Å². The Morgan fingerprint density at radius 2 is 1.71 bits per heavy atom. The van der Waals surface area contributed by atoms with Crippen molar-refractivity contribution in [2.24, 2.45) is 0 Å². The van der Waals surface area contributed by atoms with Crippen LogP contribution < -0.4 is 9.62 Å². The smallest absolute Gasteiger partial charge is 0.242 e. The molecular formula is C26H36ClN3O4S. The maximum atomic E-state index is 13.4. The van der Waals surface area contributed by atoms with E-state index in [1.54, 1.807) is 23.1 Å². The summed E-state index contributed by atoms with van der Waals surface area (Å²) in [6.45, 7) is 8.43. The van der Waals surface area contributed by atoms with E-state index in [9.17, 15) is 18.0 Å². The fraction of sp³-hybridized carbons (Fsp3) is 0.462. The second-order valence-corrected chi connectivity index (χ2v) is 11.0. The summed E-state index contributed by atoms with van der Waals surface area (Å²) >= 11 is 6.11. The zero-order chi connectivity index (χ0) is 26.2. The summed E-state index contributed by atoms with van der Waals surface area (Å²) in [6.07, 6.45) is 2.02. The van der Waals surface area contributed by atoms with Crippen molar-refractivity contribution in [3.05, 3.63) is 64.2 Å². The number of benzene rings is 2. The number of halogens is 1. The zero-order valence-corrected chi connectivity index (χ0v) is 22.7. The highest BCUT2D eigenvalue weighted by molar-refractivity contribution is 7.92. The van der Waals surface area contributed by atoms with Gasteiger partial charge in [-0.15, -0.1) is 0 Å². The molecule has 1 atom stereocenters. The number of amides is 2. The van der Waals surface area contributed by atoms with Crippen LogP contribution in [0.2, 0.25) is 5.02 Å². The Hall–Kier alpha value is -2.58. The minimum atomic E-state index is -3.58. The average Bonchev–Trinajstić information content (AvgIpc) is 2.79. The molecule has 2 aromatic rings. The first-order valence-corrected chi connectivity index (χ1v) is 14.1. The molecule has 2 rings (SSSR count). The third-order valence-corrected chi connectivity index (χ3v) is 7.22. The summed E-state index contributed by atoms with van der Waals surface area (Å²) in [4.78, 5) is 27.7. The van der Waals surface area contributed by atoms with Crippen LogP contribution in [0.1, 0.15) is 49.8 Å². The predicted octanol–water partition coefficient (Wildman–Crippen LogP) is 4.45. The molecule has 2 aromatic carbocycles. The van der Waals surface area contributed by atoms with E-state index >= 15 is 0 Å². The van der Waals surface area contributed by atoms with Crippen molar-refractivity contribution in [1.29, 1.82) is 0 Å². The molecular weight excluding hydrogens is 486 g/mol. The van der Waals surface area contributed by atoms with Crippen molar-refractivity contribution in [1.82, 2.24) is 10.2 Å². The number of carbonyl (C=O) groups is 2. The topological polar surface area (TPSA) is 86.8 Å². The van der Waals surface area contributed by atoms with Crippen molar-refractivity contribution in [3.8, 4) is 0 Å². The first-order chi connectivity index (χ1) is 16.5. The molecule has 0 aliphatic rings. The van der Waals surface area contributed by atoms with Gasteiger partial charge in [0.15, 0.2) is 0 Å². The molecule has 0 saturated carbocycles. The van der Waals surface area contributed by atoms with Crippen LogP contribution in [0, 0.1) is 13.8 Å².